The second-order valence-corrected chi connectivity index (χ2v) is 4.30. The highest BCUT2D eigenvalue weighted by Gasteiger charge is 2.09. The van der Waals surface area contributed by atoms with Crippen molar-refractivity contribution < 1.29 is 14.7 Å². The molecule has 1 aromatic carbocycles. The van der Waals surface area contributed by atoms with Crippen LogP contribution in [-0.4, -0.2) is 32.0 Å². The number of nitrogens with one attached hydrogen (secondary N) is 1. The van der Waals surface area contributed by atoms with Gasteiger partial charge in [-0.2, -0.15) is 0 Å². The van der Waals surface area contributed by atoms with Crippen molar-refractivity contribution in [3.63, 3.8) is 0 Å². The minimum atomic E-state index is -1.02. The fourth-order valence-corrected chi connectivity index (χ4v) is 1.67. The maximum Gasteiger partial charge on any atom is 0.335 e. The van der Waals surface area contributed by atoms with Crippen LogP contribution in [0.3, 0.4) is 0 Å². The number of nitrogens with zero attached hydrogens (tertiary/aromatic N) is 3. The van der Waals surface area contributed by atoms with Gasteiger partial charge in [-0.05, 0) is 24.6 Å². The molecule has 0 saturated carbocycles. The molecule has 0 atom stereocenters. The number of benzene rings is 1. The second kappa shape index (κ2) is 5.96. The van der Waals surface area contributed by atoms with Gasteiger partial charge in [0.2, 0.25) is 5.91 Å². The van der Waals surface area contributed by atoms with Crippen molar-refractivity contribution in [1.29, 1.82) is 0 Å². The monoisotopic (exact) mass is 274 g/mol. The Balaban J connectivity index is 2.00. The highest BCUT2D eigenvalue weighted by Crippen LogP contribution is 2.17. The van der Waals surface area contributed by atoms with Crippen LogP contribution < -0.4 is 5.32 Å². The molecular formula is C13H14N4O3. The minimum absolute atomic E-state index is 0.141. The Bertz CT molecular complexity index is 623. The summed E-state index contributed by atoms with van der Waals surface area (Å²) in [5.74, 6) is -1.23. The first-order chi connectivity index (χ1) is 9.56. The summed E-state index contributed by atoms with van der Waals surface area (Å²) in [5.41, 5.74) is 1.46. The van der Waals surface area contributed by atoms with Gasteiger partial charge in [-0.25, -0.2) is 4.79 Å². The molecule has 2 rings (SSSR count). The van der Waals surface area contributed by atoms with E-state index in [2.05, 4.69) is 15.6 Å². The normalized spacial score (nSPS) is 10.2. The molecule has 104 valence electrons. The number of carbonyl (C=O) groups excluding carboxylic acids is 1. The third-order valence-electron chi connectivity index (χ3n) is 2.80. The number of carbonyl (C=O) groups is 2. The second-order valence-electron chi connectivity index (χ2n) is 4.30. The molecule has 0 aliphatic carbocycles. The van der Waals surface area contributed by atoms with Gasteiger partial charge in [-0.1, -0.05) is 11.3 Å². The quantitative estimate of drug-likeness (QED) is 0.856. The molecule has 0 aliphatic heterocycles. The Morgan fingerprint density at radius 2 is 2.20 bits per heavy atom. The molecule has 0 fully saturated rings. The van der Waals surface area contributed by atoms with Gasteiger partial charge in [-0.3, -0.25) is 9.48 Å². The van der Waals surface area contributed by atoms with Crippen LogP contribution in [0.25, 0.3) is 0 Å². The number of aryl methyl sites for hydroxylation is 2. The van der Waals surface area contributed by atoms with Crippen LogP contribution >= 0.6 is 0 Å². The Morgan fingerprint density at radius 1 is 1.40 bits per heavy atom. The number of aromatic nitrogens is 3. The third-order valence-corrected chi connectivity index (χ3v) is 2.80. The molecule has 1 aromatic heterocycles. The molecule has 0 aliphatic rings. The van der Waals surface area contributed by atoms with Crippen molar-refractivity contribution in [2.24, 2.45) is 0 Å². The lowest BCUT2D eigenvalue weighted by Gasteiger charge is -2.09. The SMILES string of the molecule is Cc1ccc(C(=O)O)cc1NC(=O)CCn1ccnn1. The summed E-state index contributed by atoms with van der Waals surface area (Å²) in [6, 6.07) is 4.62. The number of anilines is 1. The maximum atomic E-state index is 11.8. The van der Waals surface area contributed by atoms with Gasteiger partial charge < -0.3 is 10.4 Å². The first kappa shape index (κ1) is 13.7. The number of aromatic carboxylic acids is 1. The first-order valence-electron chi connectivity index (χ1n) is 6.04. The van der Waals surface area contributed by atoms with Gasteiger partial charge in [0.05, 0.1) is 18.3 Å². The predicted octanol–water partition coefficient (Wildman–Crippen LogP) is 1.31. The number of amides is 1. The van der Waals surface area contributed by atoms with E-state index >= 15 is 0 Å². The van der Waals surface area contributed by atoms with E-state index in [1.165, 1.54) is 12.1 Å². The van der Waals surface area contributed by atoms with Gasteiger partial charge in [0.1, 0.15) is 0 Å². The van der Waals surface area contributed by atoms with Crippen molar-refractivity contribution in [2.75, 3.05) is 5.32 Å². The molecule has 0 unspecified atom stereocenters. The average molecular weight is 274 g/mol. The Labute approximate surface area is 115 Å². The number of rotatable bonds is 5. The van der Waals surface area contributed by atoms with Gasteiger partial charge in [-0.15, -0.1) is 5.10 Å². The summed E-state index contributed by atoms with van der Waals surface area (Å²) in [6.45, 7) is 2.22. The summed E-state index contributed by atoms with van der Waals surface area (Å²) in [5, 5.41) is 19.0. The molecule has 0 saturated heterocycles. The zero-order chi connectivity index (χ0) is 14.5. The fraction of sp³-hybridized carbons (Fsp3) is 0.231. The van der Waals surface area contributed by atoms with E-state index in [-0.39, 0.29) is 17.9 Å². The topological polar surface area (TPSA) is 97.1 Å². The lowest BCUT2D eigenvalue weighted by Crippen LogP contribution is -2.16. The van der Waals surface area contributed by atoms with Crippen LogP contribution in [0, 0.1) is 6.92 Å². The molecule has 2 aromatic rings. The smallest absolute Gasteiger partial charge is 0.335 e. The number of carboxylic acids is 1. The largest absolute Gasteiger partial charge is 0.478 e. The van der Waals surface area contributed by atoms with E-state index in [1.807, 2.05) is 0 Å². The predicted molar refractivity (Wildman–Crippen MR) is 71.4 cm³/mol. The van der Waals surface area contributed by atoms with Crippen LogP contribution in [0.1, 0.15) is 22.3 Å². The lowest BCUT2D eigenvalue weighted by molar-refractivity contribution is -0.116. The summed E-state index contributed by atoms with van der Waals surface area (Å²) >= 11 is 0. The fourth-order valence-electron chi connectivity index (χ4n) is 1.67. The molecule has 1 heterocycles. The first-order valence-corrected chi connectivity index (χ1v) is 6.04. The van der Waals surface area contributed by atoms with E-state index in [9.17, 15) is 9.59 Å². The van der Waals surface area contributed by atoms with Gasteiger partial charge in [0.15, 0.2) is 0 Å². The summed E-state index contributed by atoms with van der Waals surface area (Å²) in [7, 11) is 0. The van der Waals surface area contributed by atoms with Crippen LogP contribution in [0.2, 0.25) is 0 Å². The van der Waals surface area contributed by atoms with Crippen molar-refractivity contribution >= 4 is 17.6 Å². The zero-order valence-corrected chi connectivity index (χ0v) is 10.9. The van der Waals surface area contributed by atoms with Crippen molar-refractivity contribution in [1.82, 2.24) is 15.0 Å². The van der Waals surface area contributed by atoms with E-state index in [0.717, 1.165) is 5.56 Å². The van der Waals surface area contributed by atoms with E-state index in [1.54, 1.807) is 30.1 Å². The number of hydrogen-bond acceptors (Lipinski definition) is 4. The van der Waals surface area contributed by atoms with Gasteiger partial charge in [0.25, 0.3) is 0 Å². The zero-order valence-electron chi connectivity index (χ0n) is 10.9. The van der Waals surface area contributed by atoms with Crippen LogP contribution in [0.5, 0.6) is 0 Å². The minimum Gasteiger partial charge on any atom is -0.478 e. The molecule has 0 bridgehead atoms. The molecule has 0 radical (unpaired) electrons. The van der Waals surface area contributed by atoms with Crippen molar-refractivity contribution in [3.05, 3.63) is 41.7 Å². The van der Waals surface area contributed by atoms with Gasteiger partial charge >= 0.3 is 5.97 Å². The number of carboxylic acid groups (broad SMARTS) is 1. The highest BCUT2D eigenvalue weighted by atomic mass is 16.4. The molecule has 7 heteroatoms. The van der Waals surface area contributed by atoms with E-state index in [4.69, 9.17) is 5.11 Å². The average Bonchev–Trinajstić information content (AvgIpc) is 2.92. The number of hydrogen-bond donors (Lipinski definition) is 2. The third kappa shape index (κ3) is 3.41. The summed E-state index contributed by atoms with van der Waals surface area (Å²) < 4.78 is 1.56. The molecular weight excluding hydrogens is 260 g/mol. The maximum absolute atomic E-state index is 11.8. The molecule has 2 N–H and O–H groups in total. The van der Waals surface area contributed by atoms with Crippen LogP contribution in [0.15, 0.2) is 30.6 Å². The van der Waals surface area contributed by atoms with Crippen molar-refractivity contribution in [2.45, 2.75) is 19.9 Å². The Hall–Kier alpha value is -2.70. The molecule has 20 heavy (non-hydrogen) atoms. The molecule has 7 nitrogen and oxygen atoms in total. The Morgan fingerprint density at radius 3 is 2.85 bits per heavy atom. The summed E-state index contributed by atoms with van der Waals surface area (Å²) in [6.07, 6.45) is 3.45. The van der Waals surface area contributed by atoms with E-state index < -0.39 is 5.97 Å². The van der Waals surface area contributed by atoms with Crippen LogP contribution in [-0.2, 0) is 11.3 Å². The van der Waals surface area contributed by atoms with Crippen LogP contribution in [0.4, 0.5) is 5.69 Å². The molecule has 1 amide bonds. The van der Waals surface area contributed by atoms with E-state index in [0.29, 0.717) is 12.2 Å². The Kier molecular flexibility index (Phi) is 4.09. The molecule has 0 spiro atoms. The van der Waals surface area contributed by atoms with Crippen molar-refractivity contribution in [3.8, 4) is 0 Å². The standard InChI is InChI=1S/C13H14N4O3/c1-9-2-3-10(13(19)20)8-11(9)15-12(18)4-6-17-7-5-14-16-17/h2-3,5,7-8H,4,6H2,1H3,(H,15,18)(H,19,20). The summed E-state index contributed by atoms with van der Waals surface area (Å²) in [4.78, 5) is 22.7. The van der Waals surface area contributed by atoms with Gasteiger partial charge in [0, 0.05) is 18.3 Å². The lowest BCUT2D eigenvalue weighted by atomic mass is 10.1. The highest BCUT2D eigenvalue weighted by molar-refractivity contribution is 5.94.